The molecule has 104 valence electrons. The highest BCUT2D eigenvalue weighted by atomic mass is 35.5. The van der Waals surface area contributed by atoms with Crippen LogP contribution in [0.4, 0.5) is 4.39 Å². The lowest BCUT2D eigenvalue weighted by atomic mass is 9.99. The van der Waals surface area contributed by atoms with E-state index in [4.69, 9.17) is 16.7 Å². The maximum atomic E-state index is 13.5. The van der Waals surface area contributed by atoms with Crippen molar-refractivity contribution in [2.24, 2.45) is 0 Å². The van der Waals surface area contributed by atoms with E-state index in [2.05, 4.69) is 4.90 Å². The van der Waals surface area contributed by atoms with Crippen molar-refractivity contribution in [3.05, 3.63) is 34.6 Å². The number of nitrogens with zero attached hydrogens (tertiary/aromatic N) is 1. The number of likely N-dealkylation sites (tertiary alicyclic amines) is 1. The number of hydrogen-bond acceptors (Lipinski definition) is 2. The minimum Gasteiger partial charge on any atom is -0.481 e. The molecule has 19 heavy (non-hydrogen) atoms. The van der Waals surface area contributed by atoms with E-state index in [0.717, 1.165) is 25.9 Å². The number of aliphatic carboxylic acids is 1. The fraction of sp³-hybridized carbons (Fsp3) is 0.500. The summed E-state index contributed by atoms with van der Waals surface area (Å²) in [6, 6.07) is 4.29. The Morgan fingerprint density at radius 2 is 2.05 bits per heavy atom. The third-order valence-corrected chi connectivity index (χ3v) is 3.83. The van der Waals surface area contributed by atoms with Gasteiger partial charge in [0, 0.05) is 6.04 Å². The quantitative estimate of drug-likeness (QED) is 0.921. The lowest BCUT2D eigenvalue weighted by Crippen LogP contribution is -2.35. The highest BCUT2D eigenvalue weighted by Gasteiger charge is 2.25. The average molecular weight is 286 g/mol. The second-order valence-corrected chi connectivity index (χ2v) is 5.29. The molecule has 1 unspecified atom stereocenters. The van der Waals surface area contributed by atoms with Gasteiger partial charge in [-0.2, -0.15) is 0 Å². The number of carbonyl (C=O) groups is 1. The van der Waals surface area contributed by atoms with Crippen LogP contribution in [0.1, 0.15) is 37.3 Å². The van der Waals surface area contributed by atoms with Gasteiger partial charge in [-0.15, -0.1) is 0 Å². The molecular weight excluding hydrogens is 269 g/mol. The van der Waals surface area contributed by atoms with E-state index in [0.29, 0.717) is 5.56 Å². The number of hydrogen-bond donors (Lipinski definition) is 1. The summed E-state index contributed by atoms with van der Waals surface area (Å²) in [6.45, 7) is 1.73. The molecule has 0 bridgehead atoms. The van der Waals surface area contributed by atoms with Gasteiger partial charge < -0.3 is 5.11 Å². The van der Waals surface area contributed by atoms with Gasteiger partial charge in [0.2, 0.25) is 0 Å². The number of rotatable bonds is 4. The van der Waals surface area contributed by atoms with Crippen molar-refractivity contribution in [2.45, 2.75) is 31.7 Å². The van der Waals surface area contributed by atoms with Crippen LogP contribution in [0, 0.1) is 5.82 Å². The summed E-state index contributed by atoms with van der Waals surface area (Å²) in [5.41, 5.74) is 0.686. The highest BCUT2D eigenvalue weighted by molar-refractivity contribution is 6.30. The minimum absolute atomic E-state index is 0.0128. The Bertz CT molecular complexity index is 461. The number of piperidine rings is 1. The largest absolute Gasteiger partial charge is 0.481 e. The first-order chi connectivity index (χ1) is 9.08. The maximum Gasteiger partial charge on any atom is 0.305 e. The summed E-state index contributed by atoms with van der Waals surface area (Å²) < 4.78 is 13.5. The van der Waals surface area contributed by atoms with Crippen LogP contribution in [-0.4, -0.2) is 29.1 Å². The Kier molecular flexibility index (Phi) is 4.77. The molecule has 1 N–H and O–H groups in total. The third kappa shape index (κ3) is 3.67. The van der Waals surface area contributed by atoms with Crippen LogP contribution in [0.5, 0.6) is 0 Å². The molecule has 1 atom stereocenters. The van der Waals surface area contributed by atoms with E-state index in [1.807, 2.05) is 0 Å². The average Bonchev–Trinajstić information content (AvgIpc) is 2.40. The van der Waals surface area contributed by atoms with E-state index in [9.17, 15) is 9.18 Å². The summed E-state index contributed by atoms with van der Waals surface area (Å²) in [4.78, 5) is 13.2. The first kappa shape index (κ1) is 14.3. The topological polar surface area (TPSA) is 40.5 Å². The molecule has 1 aliphatic rings. The highest BCUT2D eigenvalue weighted by Crippen LogP contribution is 2.29. The number of halogens is 2. The van der Waals surface area contributed by atoms with Crippen molar-refractivity contribution in [2.75, 3.05) is 13.1 Å². The standard InChI is InChI=1S/C14H17ClFNO2/c15-11-5-4-10(8-12(11)16)13(9-14(18)19)17-6-2-1-3-7-17/h4-5,8,13H,1-3,6-7,9H2,(H,18,19). The van der Waals surface area contributed by atoms with Gasteiger partial charge in [-0.05, 0) is 43.6 Å². The van der Waals surface area contributed by atoms with Gasteiger partial charge in [0.05, 0.1) is 11.4 Å². The molecule has 0 radical (unpaired) electrons. The SMILES string of the molecule is O=C(O)CC(c1ccc(Cl)c(F)c1)N1CCCCC1. The second-order valence-electron chi connectivity index (χ2n) is 4.88. The van der Waals surface area contributed by atoms with Crippen LogP contribution in [0.25, 0.3) is 0 Å². The molecule has 1 fully saturated rings. The third-order valence-electron chi connectivity index (χ3n) is 3.53. The molecule has 1 aromatic rings. The summed E-state index contributed by atoms with van der Waals surface area (Å²) in [5.74, 6) is -1.36. The molecule has 0 saturated carbocycles. The van der Waals surface area contributed by atoms with Gasteiger partial charge in [-0.3, -0.25) is 9.69 Å². The Balaban J connectivity index is 2.24. The molecule has 2 rings (SSSR count). The van der Waals surface area contributed by atoms with Gasteiger partial charge in [0.15, 0.2) is 0 Å². The van der Waals surface area contributed by atoms with Crippen molar-refractivity contribution in [1.82, 2.24) is 4.90 Å². The van der Waals surface area contributed by atoms with E-state index >= 15 is 0 Å². The predicted molar refractivity (Wildman–Crippen MR) is 71.8 cm³/mol. The van der Waals surface area contributed by atoms with Gasteiger partial charge in [-0.25, -0.2) is 4.39 Å². The van der Waals surface area contributed by atoms with Crippen molar-refractivity contribution < 1.29 is 14.3 Å². The van der Waals surface area contributed by atoms with Crippen LogP contribution >= 0.6 is 11.6 Å². The van der Waals surface area contributed by atoms with Gasteiger partial charge >= 0.3 is 5.97 Å². The van der Waals surface area contributed by atoms with E-state index < -0.39 is 11.8 Å². The minimum atomic E-state index is -0.870. The molecule has 0 spiro atoms. The summed E-state index contributed by atoms with van der Waals surface area (Å²) in [6.07, 6.45) is 3.28. The van der Waals surface area contributed by atoms with E-state index in [-0.39, 0.29) is 17.5 Å². The lowest BCUT2D eigenvalue weighted by molar-refractivity contribution is -0.138. The molecule has 1 saturated heterocycles. The molecule has 1 aliphatic heterocycles. The smallest absolute Gasteiger partial charge is 0.305 e. The zero-order chi connectivity index (χ0) is 13.8. The molecule has 0 aromatic heterocycles. The van der Waals surface area contributed by atoms with Crippen LogP contribution in [0.3, 0.4) is 0 Å². The van der Waals surface area contributed by atoms with Gasteiger partial charge in [0.1, 0.15) is 5.82 Å². The monoisotopic (exact) mass is 285 g/mol. The van der Waals surface area contributed by atoms with Crippen molar-refractivity contribution in [1.29, 1.82) is 0 Å². The van der Waals surface area contributed by atoms with Crippen LogP contribution in [-0.2, 0) is 4.79 Å². The van der Waals surface area contributed by atoms with Crippen molar-refractivity contribution in [3.63, 3.8) is 0 Å². The van der Waals surface area contributed by atoms with E-state index in [1.54, 1.807) is 6.07 Å². The maximum absolute atomic E-state index is 13.5. The number of carboxylic acid groups (broad SMARTS) is 1. The summed E-state index contributed by atoms with van der Waals surface area (Å²) in [5, 5.41) is 9.12. The molecule has 0 aliphatic carbocycles. The zero-order valence-corrected chi connectivity index (χ0v) is 11.4. The normalized spacial score (nSPS) is 18.2. The predicted octanol–water partition coefficient (Wildman–Crippen LogP) is 3.48. The Hall–Kier alpha value is -1.13. The Labute approximate surface area is 117 Å². The van der Waals surface area contributed by atoms with Crippen molar-refractivity contribution >= 4 is 17.6 Å². The fourth-order valence-electron chi connectivity index (χ4n) is 2.57. The van der Waals surface area contributed by atoms with Gasteiger partial charge in [0.25, 0.3) is 0 Å². The van der Waals surface area contributed by atoms with Crippen LogP contribution in [0.2, 0.25) is 5.02 Å². The van der Waals surface area contributed by atoms with Crippen LogP contribution < -0.4 is 0 Å². The number of benzene rings is 1. The molecule has 1 aromatic carbocycles. The molecule has 1 heterocycles. The summed E-state index contributed by atoms with van der Waals surface area (Å²) in [7, 11) is 0. The van der Waals surface area contributed by atoms with Crippen molar-refractivity contribution in [3.8, 4) is 0 Å². The second kappa shape index (κ2) is 6.35. The first-order valence-corrected chi connectivity index (χ1v) is 6.86. The Morgan fingerprint density at radius 1 is 1.37 bits per heavy atom. The fourth-order valence-corrected chi connectivity index (χ4v) is 2.69. The molecular formula is C14H17ClFNO2. The van der Waals surface area contributed by atoms with E-state index in [1.165, 1.54) is 18.6 Å². The van der Waals surface area contributed by atoms with Crippen LogP contribution in [0.15, 0.2) is 18.2 Å². The zero-order valence-electron chi connectivity index (χ0n) is 10.6. The molecule has 3 nitrogen and oxygen atoms in total. The summed E-state index contributed by atoms with van der Waals surface area (Å²) >= 11 is 5.67. The van der Waals surface area contributed by atoms with Gasteiger partial charge in [-0.1, -0.05) is 24.1 Å². The lowest BCUT2D eigenvalue weighted by Gasteiger charge is -2.34. The Morgan fingerprint density at radius 3 is 2.63 bits per heavy atom. The molecule has 0 amide bonds. The first-order valence-electron chi connectivity index (χ1n) is 6.48. The molecule has 5 heteroatoms. The number of carboxylic acids is 1.